The molecule has 1 unspecified atom stereocenters. The van der Waals surface area contributed by atoms with E-state index in [1.54, 1.807) is 0 Å². The van der Waals surface area contributed by atoms with Crippen molar-refractivity contribution in [3.05, 3.63) is 0 Å². The number of nitrogens with zero attached hydrogens (tertiary/aromatic N) is 1. The number of rotatable bonds is 4. The van der Waals surface area contributed by atoms with Crippen molar-refractivity contribution in [3.63, 3.8) is 0 Å². The van der Waals surface area contributed by atoms with Crippen molar-refractivity contribution in [3.8, 4) is 0 Å². The minimum atomic E-state index is 0.133. The normalized spacial score (nSPS) is 14.3. The van der Waals surface area contributed by atoms with Crippen LogP contribution in [0.15, 0.2) is 0 Å². The molecule has 0 aliphatic heterocycles. The molecule has 56 valence electrons. The van der Waals surface area contributed by atoms with E-state index in [-0.39, 0.29) is 6.17 Å². The van der Waals surface area contributed by atoms with E-state index < -0.39 is 0 Å². The smallest absolute Gasteiger partial charge is 0.0543 e. The summed E-state index contributed by atoms with van der Waals surface area (Å²) in [5.41, 5.74) is 5.60. The van der Waals surface area contributed by atoms with Gasteiger partial charge in [-0.25, -0.2) is 0 Å². The highest BCUT2D eigenvalue weighted by Crippen LogP contribution is 1.91. The Labute approximate surface area is 62.0 Å². The van der Waals surface area contributed by atoms with Crippen LogP contribution in [0.1, 0.15) is 13.8 Å². The number of hydrogen-bond acceptors (Lipinski definition) is 2. The molecule has 0 fully saturated rings. The van der Waals surface area contributed by atoms with Crippen molar-refractivity contribution in [2.75, 3.05) is 19.0 Å². The molecule has 0 amide bonds. The van der Waals surface area contributed by atoms with Gasteiger partial charge >= 0.3 is 0 Å². The minimum Gasteiger partial charge on any atom is -0.316 e. The summed E-state index contributed by atoms with van der Waals surface area (Å²) in [6, 6.07) is 0. The van der Waals surface area contributed by atoms with Crippen LogP contribution in [0, 0.1) is 0 Å². The first-order chi connectivity index (χ1) is 4.22. The van der Waals surface area contributed by atoms with Gasteiger partial charge in [0.2, 0.25) is 0 Å². The molecule has 1 atom stereocenters. The summed E-state index contributed by atoms with van der Waals surface area (Å²) in [6.07, 6.45) is 0.133. The lowest BCUT2D eigenvalue weighted by Crippen LogP contribution is -2.40. The van der Waals surface area contributed by atoms with Crippen molar-refractivity contribution in [1.82, 2.24) is 4.90 Å². The summed E-state index contributed by atoms with van der Waals surface area (Å²) >= 11 is 5.52. The van der Waals surface area contributed by atoms with Gasteiger partial charge in [0.15, 0.2) is 0 Å². The predicted octanol–water partition coefficient (Wildman–Crippen LogP) is 0.852. The van der Waals surface area contributed by atoms with Crippen molar-refractivity contribution in [2.24, 2.45) is 5.73 Å². The third-order valence-electron chi connectivity index (χ3n) is 1.35. The maximum absolute atomic E-state index is 5.60. The summed E-state index contributed by atoms with van der Waals surface area (Å²) in [5.74, 6) is 0.662. The van der Waals surface area contributed by atoms with Gasteiger partial charge in [-0.2, -0.15) is 0 Å². The molecule has 0 rings (SSSR count). The second-order valence-corrected chi connectivity index (χ2v) is 2.44. The molecule has 2 nitrogen and oxygen atoms in total. The van der Waals surface area contributed by atoms with Gasteiger partial charge in [-0.1, -0.05) is 6.92 Å². The van der Waals surface area contributed by atoms with Gasteiger partial charge in [0.1, 0.15) is 0 Å². The van der Waals surface area contributed by atoms with Crippen LogP contribution >= 0.6 is 11.6 Å². The van der Waals surface area contributed by atoms with Crippen LogP contribution in [0.2, 0.25) is 0 Å². The zero-order chi connectivity index (χ0) is 7.28. The van der Waals surface area contributed by atoms with Crippen molar-refractivity contribution in [1.29, 1.82) is 0 Å². The van der Waals surface area contributed by atoms with Gasteiger partial charge in [0.25, 0.3) is 0 Å². The quantitative estimate of drug-likeness (QED) is 0.476. The highest BCUT2D eigenvalue weighted by molar-refractivity contribution is 6.18. The first-order valence-electron chi connectivity index (χ1n) is 3.28. The molecule has 3 heteroatoms. The van der Waals surface area contributed by atoms with Gasteiger partial charge in [0.05, 0.1) is 6.17 Å². The zero-order valence-corrected chi connectivity index (χ0v) is 6.86. The van der Waals surface area contributed by atoms with Gasteiger partial charge in [-0.15, -0.1) is 11.6 Å². The maximum atomic E-state index is 5.60. The SMILES string of the molecule is CCN(CCCl)C(C)N. The van der Waals surface area contributed by atoms with E-state index in [1.807, 2.05) is 6.92 Å². The van der Waals surface area contributed by atoms with E-state index in [0.29, 0.717) is 5.88 Å². The molecule has 0 aliphatic carbocycles. The van der Waals surface area contributed by atoms with Crippen molar-refractivity contribution >= 4 is 11.6 Å². The predicted molar refractivity (Wildman–Crippen MR) is 41.6 cm³/mol. The molecule has 0 radical (unpaired) electrons. The monoisotopic (exact) mass is 150 g/mol. The fourth-order valence-corrected chi connectivity index (χ4v) is 0.975. The van der Waals surface area contributed by atoms with E-state index in [4.69, 9.17) is 17.3 Å². The van der Waals surface area contributed by atoms with Gasteiger partial charge < -0.3 is 5.73 Å². The number of hydrogen-bond donors (Lipinski definition) is 1. The summed E-state index contributed by atoms with van der Waals surface area (Å²) in [4.78, 5) is 2.12. The van der Waals surface area contributed by atoms with Gasteiger partial charge in [-0.05, 0) is 13.5 Å². The molecular weight excluding hydrogens is 136 g/mol. The van der Waals surface area contributed by atoms with Gasteiger partial charge in [0, 0.05) is 12.4 Å². The largest absolute Gasteiger partial charge is 0.316 e. The Morgan fingerprint density at radius 1 is 1.67 bits per heavy atom. The molecule has 0 spiro atoms. The molecule has 2 N–H and O–H groups in total. The Bertz CT molecular complexity index is 66.1. The van der Waals surface area contributed by atoms with E-state index >= 15 is 0 Å². The molecule has 0 saturated heterocycles. The highest BCUT2D eigenvalue weighted by atomic mass is 35.5. The second-order valence-electron chi connectivity index (χ2n) is 2.06. The van der Waals surface area contributed by atoms with E-state index in [1.165, 1.54) is 0 Å². The summed E-state index contributed by atoms with van der Waals surface area (Å²) in [5, 5.41) is 0. The Kier molecular flexibility index (Phi) is 5.15. The molecule has 0 saturated carbocycles. The molecular formula is C6H15ClN2. The summed E-state index contributed by atoms with van der Waals surface area (Å²) < 4.78 is 0. The third-order valence-corrected chi connectivity index (χ3v) is 1.52. The van der Waals surface area contributed by atoms with Crippen LogP contribution in [-0.4, -0.2) is 30.0 Å². The lowest BCUT2D eigenvalue weighted by Gasteiger charge is -2.22. The fourth-order valence-electron chi connectivity index (χ4n) is 0.758. The Balaban J connectivity index is 3.41. The lowest BCUT2D eigenvalue weighted by atomic mass is 10.4. The molecule has 0 aliphatic rings. The van der Waals surface area contributed by atoms with Crippen LogP contribution < -0.4 is 5.73 Å². The highest BCUT2D eigenvalue weighted by Gasteiger charge is 2.03. The van der Waals surface area contributed by atoms with Crippen LogP contribution in [0.3, 0.4) is 0 Å². The summed E-state index contributed by atoms with van der Waals surface area (Å²) in [6.45, 7) is 5.91. The van der Waals surface area contributed by atoms with Crippen LogP contribution in [0.5, 0.6) is 0 Å². The van der Waals surface area contributed by atoms with Crippen LogP contribution in [-0.2, 0) is 0 Å². The molecule has 0 aromatic carbocycles. The first kappa shape index (κ1) is 9.21. The molecule has 0 bridgehead atoms. The van der Waals surface area contributed by atoms with Crippen molar-refractivity contribution < 1.29 is 0 Å². The molecule has 9 heavy (non-hydrogen) atoms. The first-order valence-corrected chi connectivity index (χ1v) is 3.81. The fraction of sp³-hybridized carbons (Fsp3) is 1.00. The van der Waals surface area contributed by atoms with E-state index in [0.717, 1.165) is 13.1 Å². The minimum absolute atomic E-state index is 0.133. The Hall–Kier alpha value is 0.210. The standard InChI is InChI=1S/C6H15ClN2/c1-3-9(5-4-7)6(2)8/h6H,3-5,8H2,1-2H3. The van der Waals surface area contributed by atoms with E-state index in [2.05, 4.69) is 11.8 Å². The molecule has 0 heterocycles. The maximum Gasteiger partial charge on any atom is 0.0543 e. The van der Waals surface area contributed by atoms with E-state index in [9.17, 15) is 0 Å². The number of alkyl halides is 1. The summed E-state index contributed by atoms with van der Waals surface area (Å²) in [7, 11) is 0. The Morgan fingerprint density at radius 3 is 2.33 bits per heavy atom. The molecule has 0 aromatic heterocycles. The third kappa shape index (κ3) is 3.73. The average molecular weight is 151 g/mol. The zero-order valence-electron chi connectivity index (χ0n) is 6.10. The Morgan fingerprint density at radius 2 is 2.22 bits per heavy atom. The number of nitrogens with two attached hydrogens (primary N) is 1. The van der Waals surface area contributed by atoms with Crippen LogP contribution in [0.4, 0.5) is 0 Å². The topological polar surface area (TPSA) is 29.3 Å². The van der Waals surface area contributed by atoms with Gasteiger partial charge in [-0.3, -0.25) is 4.90 Å². The molecule has 0 aromatic rings. The number of halogens is 1. The average Bonchev–Trinajstić information content (AvgIpc) is 1.82. The van der Waals surface area contributed by atoms with Crippen LogP contribution in [0.25, 0.3) is 0 Å². The van der Waals surface area contributed by atoms with Crippen molar-refractivity contribution in [2.45, 2.75) is 20.0 Å². The lowest BCUT2D eigenvalue weighted by molar-refractivity contribution is 0.238. The second kappa shape index (κ2) is 5.03.